The highest BCUT2D eigenvalue weighted by Crippen LogP contribution is 2.42. The van der Waals surface area contributed by atoms with Crippen LogP contribution in [0, 0.1) is 6.92 Å². The second-order valence-corrected chi connectivity index (χ2v) is 4.56. The van der Waals surface area contributed by atoms with E-state index in [-0.39, 0.29) is 6.17 Å². The van der Waals surface area contributed by atoms with Crippen molar-refractivity contribution >= 4 is 17.1 Å². The lowest BCUT2D eigenvalue weighted by atomic mass is 10.1. The predicted octanol–water partition coefficient (Wildman–Crippen LogP) is 2.57. The number of aromatic nitrogens is 1. The molecule has 0 radical (unpaired) electrons. The van der Waals surface area contributed by atoms with Crippen molar-refractivity contribution in [2.45, 2.75) is 20.0 Å². The van der Waals surface area contributed by atoms with Crippen molar-refractivity contribution in [2.75, 3.05) is 9.91 Å². The van der Waals surface area contributed by atoms with Gasteiger partial charge in [-0.2, -0.15) is 0 Å². The molecule has 1 aromatic carbocycles. The SMILES string of the molecule is Cc1ccccc1N1c2cnccc2N(N)[C@@H]1C. The average Bonchev–Trinajstić information content (AvgIpc) is 2.64. The summed E-state index contributed by atoms with van der Waals surface area (Å²) >= 11 is 0. The molecule has 3 rings (SSSR count). The lowest BCUT2D eigenvalue weighted by molar-refractivity contribution is 0.697. The first-order valence-corrected chi connectivity index (χ1v) is 6.03. The zero-order valence-electron chi connectivity index (χ0n) is 10.5. The molecule has 2 N–H and O–H groups in total. The van der Waals surface area contributed by atoms with Crippen LogP contribution in [0.15, 0.2) is 42.7 Å². The quantitative estimate of drug-likeness (QED) is 0.778. The molecule has 92 valence electrons. The number of aryl methyl sites for hydroxylation is 1. The van der Waals surface area contributed by atoms with E-state index in [0.29, 0.717) is 0 Å². The van der Waals surface area contributed by atoms with Crippen molar-refractivity contribution in [3.63, 3.8) is 0 Å². The maximum absolute atomic E-state index is 6.13. The van der Waals surface area contributed by atoms with Gasteiger partial charge in [-0.1, -0.05) is 18.2 Å². The van der Waals surface area contributed by atoms with E-state index >= 15 is 0 Å². The van der Waals surface area contributed by atoms with Gasteiger partial charge in [-0.15, -0.1) is 0 Å². The minimum atomic E-state index is 0.0882. The van der Waals surface area contributed by atoms with Gasteiger partial charge in [0.15, 0.2) is 0 Å². The number of anilines is 3. The molecule has 0 saturated heterocycles. The van der Waals surface area contributed by atoms with Crippen LogP contribution in [0.4, 0.5) is 17.1 Å². The summed E-state index contributed by atoms with van der Waals surface area (Å²) in [6.45, 7) is 4.20. The number of fused-ring (bicyclic) bond motifs is 1. The molecule has 1 aliphatic rings. The van der Waals surface area contributed by atoms with E-state index in [2.05, 4.69) is 35.9 Å². The van der Waals surface area contributed by atoms with Crippen LogP contribution >= 0.6 is 0 Å². The number of benzene rings is 1. The topological polar surface area (TPSA) is 45.4 Å². The van der Waals surface area contributed by atoms with Crippen LogP contribution in [0.2, 0.25) is 0 Å². The van der Waals surface area contributed by atoms with Gasteiger partial charge < -0.3 is 4.90 Å². The van der Waals surface area contributed by atoms with Crippen molar-refractivity contribution in [3.05, 3.63) is 48.3 Å². The van der Waals surface area contributed by atoms with Crippen molar-refractivity contribution in [2.24, 2.45) is 5.84 Å². The molecule has 0 fully saturated rings. The Hall–Kier alpha value is -2.07. The van der Waals surface area contributed by atoms with Gasteiger partial charge in [-0.05, 0) is 31.5 Å². The van der Waals surface area contributed by atoms with Crippen LogP contribution in [-0.2, 0) is 0 Å². The Morgan fingerprint density at radius 1 is 1.11 bits per heavy atom. The number of hydrogen-bond donors (Lipinski definition) is 1. The van der Waals surface area contributed by atoms with Gasteiger partial charge in [0.25, 0.3) is 0 Å². The number of para-hydroxylation sites is 1. The maximum Gasteiger partial charge on any atom is 0.118 e. The fraction of sp³-hybridized carbons (Fsp3) is 0.214. The van der Waals surface area contributed by atoms with Crippen LogP contribution < -0.4 is 15.8 Å². The van der Waals surface area contributed by atoms with Crippen molar-refractivity contribution in [3.8, 4) is 0 Å². The molecule has 0 bridgehead atoms. The molecule has 4 heteroatoms. The monoisotopic (exact) mass is 240 g/mol. The molecule has 1 atom stereocenters. The minimum absolute atomic E-state index is 0.0882. The van der Waals surface area contributed by atoms with Gasteiger partial charge in [0.2, 0.25) is 0 Å². The van der Waals surface area contributed by atoms with Crippen LogP contribution in [0.3, 0.4) is 0 Å². The summed E-state index contributed by atoms with van der Waals surface area (Å²) in [6, 6.07) is 10.3. The number of pyridine rings is 1. The zero-order chi connectivity index (χ0) is 12.7. The first-order chi connectivity index (χ1) is 8.70. The van der Waals surface area contributed by atoms with E-state index in [4.69, 9.17) is 5.84 Å². The minimum Gasteiger partial charge on any atom is -0.316 e. The summed E-state index contributed by atoms with van der Waals surface area (Å²) in [6.07, 6.45) is 3.73. The Kier molecular flexibility index (Phi) is 2.45. The van der Waals surface area contributed by atoms with E-state index in [1.54, 1.807) is 11.2 Å². The summed E-state index contributed by atoms with van der Waals surface area (Å²) in [5.41, 5.74) is 4.48. The number of nitrogens with two attached hydrogens (primary N) is 1. The Morgan fingerprint density at radius 3 is 2.67 bits per heavy atom. The Morgan fingerprint density at radius 2 is 1.89 bits per heavy atom. The van der Waals surface area contributed by atoms with Gasteiger partial charge >= 0.3 is 0 Å². The molecule has 0 amide bonds. The number of rotatable bonds is 1. The molecule has 0 spiro atoms. The third kappa shape index (κ3) is 1.46. The van der Waals surface area contributed by atoms with Gasteiger partial charge in [-0.3, -0.25) is 9.99 Å². The van der Waals surface area contributed by atoms with Gasteiger partial charge in [0.05, 0.1) is 17.6 Å². The number of hydrogen-bond acceptors (Lipinski definition) is 4. The van der Waals surface area contributed by atoms with Crippen molar-refractivity contribution in [1.82, 2.24) is 4.98 Å². The van der Waals surface area contributed by atoms with Crippen LogP contribution in [0.5, 0.6) is 0 Å². The van der Waals surface area contributed by atoms with Crippen molar-refractivity contribution < 1.29 is 0 Å². The van der Waals surface area contributed by atoms with E-state index in [0.717, 1.165) is 11.4 Å². The normalized spacial score (nSPS) is 18.1. The molecule has 0 saturated carbocycles. The molecule has 1 aromatic heterocycles. The van der Waals surface area contributed by atoms with Crippen LogP contribution in [0.1, 0.15) is 12.5 Å². The summed E-state index contributed by atoms with van der Waals surface area (Å²) in [5, 5.41) is 1.78. The fourth-order valence-corrected chi connectivity index (χ4v) is 2.47. The fourth-order valence-electron chi connectivity index (χ4n) is 2.47. The molecular weight excluding hydrogens is 224 g/mol. The molecular formula is C14H16N4. The van der Waals surface area contributed by atoms with Gasteiger partial charge in [0, 0.05) is 11.9 Å². The Balaban J connectivity index is 2.16. The largest absolute Gasteiger partial charge is 0.316 e. The second kappa shape index (κ2) is 3.99. The summed E-state index contributed by atoms with van der Waals surface area (Å²) in [5.74, 6) is 6.13. The smallest absolute Gasteiger partial charge is 0.118 e. The molecule has 1 aliphatic heterocycles. The molecule has 0 aliphatic carbocycles. The molecule has 4 nitrogen and oxygen atoms in total. The van der Waals surface area contributed by atoms with Gasteiger partial charge in [-0.25, -0.2) is 5.84 Å². The summed E-state index contributed by atoms with van der Waals surface area (Å²) in [7, 11) is 0. The maximum atomic E-state index is 6.13. The Labute approximate surface area is 107 Å². The third-order valence-electron chi connectivity index (χ3n) is 3.47. The number of nitrogens with zero attached hydrogens (tertiary/aromatic N) is 3. The third-order valence-corrected chi connectivity index (χ3v) is 3.47. The molecule has 18 heavy (non-hydrogen) atoms. The van der Waals surface area contributed by atoms with E-state index in [1.165, 1.54) is 11.3 Å². The van der Waals surface area contributed by atoms with Crippen LogP contribution in [-0.4, -0.2) is 11.1 Å². The van der Waals surface area contributed by atoms with E-state index in [9.17, 15) is 0 Å². The molecule has 0 unspecified atom stereocenters. The highest BCUT2D eigenvalue weighted by Gasteiger charge is 2.32. The summed E-state index contributed by atoms with van der Waals surface area (Å²) in [4.78, 5) is 6.43. The lowest BCUT2D eigenvalue weighted by Crippen LogP contribution is -2.43. The molecule has 2 aromatic rings. The zero-order valence-corrected chi connectivity index (χ0v) is 10.5. The molecule has 2 heterocycles. The number of hydrazine groups is 1. The standard InChI is InChI=1S/C14H16N4/c1-10-5-3-4-6-12(10)17-11(2)18(15)13-7-8-16-9-14(13)17/h3-9,11H,15H2,1-2H3/t11-/m1/s1. The Bertz CT molecular complexity index is 582. The van der Waals surface area contributed by atoms with E-state index < -0.39 is 0 Å². The highest BCUT2D eigenvalue weighted by molar-refractivity contribution is 5.83. The second-order valence-electron chi connectivity index (χ2n) is 4.56. The first kappa shape index (κ1) is 11.0. The lowest BCUT2D eigenvalue weighted by Gasteiger charge is -2.28. The summed E-state index contributed by atoms with van der Waals surface area (Å²) < 4.78 is 0. The van der Waals surface area contributed by atoms with Crippen LogP contribution in [0.25, 0.3) is 0 Å². The first-order valence-electron chi connectivity index (χ1n) is 6.03. The van der Waals surface area contributed by atoms with Crippen molar-refractivity contribution in [1.29, 1.82) is 0 Å². The van der Waals surface area contributed by atoms with Gasteiger partial charge in [0.1, 0.15) is 6.17 Å². The van der Waals surface area contributed by atoms with E-state index in [1.807, 2.05) is 24.4 Å². The highest BCUT2D eigenvalue weighted by atomic mass is 15.5. The predicted molar refractivity (Wildman–Crippen MR) is 73.7 cm³/mol. The average molecular weight is 240 g/mol.